The average Bonchev–Trinajstić information content (AvgIpc) is 3.60. The van der Waals surface area contributed by atoms with Crippen LogP contribution in [0.25, 0.3) is 0 Å². The summed E-state index contributed by atoms with van der Waals surface area (Å²) in [5, 5.41) is 19.7. The van der Waals surface area contributed by atoms with Gasteiger partial charge in [-0.1, -0.05) is 19.4 Å². The number of carbonyl (C=O) groups is 3. The number of unbranched alkanes of at least 4 members (excludes halogenated alkanes) is 1. The summed E-state index contributed by atoms with van der Waals surface area (Å²) in [6.07, 6.45) is 4.18. The highest BCUT2D eigenvalue weighted by Gasteiger charge is 2.47. The SMILES string of the molecule is CCCCN(CCCO)C(=O)CN1C[C@H](c2ccc3c(c2)OCO3)C(C(=O)O)[C@@H]1CCN1CCCC1=O. The van der Waals surface area contributed by atoms with Gasteiger partial charge >= 0.3 is 5.97 Å². The van der Waals surface area contributed by atoms with E-state index in [0.717, 1.165) is 24.8 Å². The van der Waals surface area contributed by atoms with Gasteiger partial charge in [0.2, 0.25) is 18.6 Å². The lowest BCUT2D eigenvalue weighted by atomic mass is 9.84. The van der Waals surface area contributed by atoms with Crippen molar-refractivity contribution in [3.05, 3.63) is 23.8 Å². The van der Waals surface area contributed by atoms with Gasteiger partial charge in [-0.3, -0.25) is 19.3 Å². The number of carbonyl (C=O) groups excluding carboxylic acids is 2. The van der Waals surface area contributed by atoms with Gasteiger partial charge in [0.1, 0.15) is 0 Å². The van der Waals surface area contributed by atoms with E-state index in [9.17, 15) is 24.6 Å². The normalized spacial score (nSPS) is 23.1. The lowest BCUT2D eigenvalue weighted by molar-refractivity contribution is -0.144. The molecule has 4 rings (SSSR count). The molecule has 204 valence electrons. The molecule has 3 aliphatic heterocycles. The average molecular weight is 518 g/mol. The van der Waals surface area contributed by atoms with Crippen LogP contribution in [-0.4, -0.2) is 101 Å². The number of hydrogen-bond donors (Lipinski definition) is 2. The van der Waals surface area contributed by atoms with Crippen LogP contribution in [0, 0.1) is 5.92 Å². The van der Waals surface area contributed by atoms with Crippen molar-refractivity contribution < 1.29 is 34.1 Å². The molecular weight excluding hydrogens is 478 g/mol. The molecule has 1 unspecified atom stereocenters. The van der Waals surface area contributed by atoms with Gasteiger partial charge in [0.15, 0.2) is 11.5 Å². The number of amides is 2. The van der Waals surface area contributed by atoms with E-state index >= 15 is 0 Å². The number of nitrogens with zero attached hydrogens (tertiary/aromatic N) is 3. The molecule has 3 aliphatic rings. The van der Waals surface area contributed by atoms with E-state index in [-0.39, 0.29) is 37.7 Å². The largest absolute Gasteiger partial charge is 0.481 e. The van der Waals surface area contributed by atoms with E-state index in [0.29, 0.717) is 63.5 Å². The number of carboxylic acids is 1. The third-order valence-electron chi connectivity index (χ3n) is 7.78. The predicted molar refractivity (Wildman–Crippen MR) is 135 cm³/mol. The molecule has 0 radical (unpaired) electrons. The first-order valence-electron chi connectivity index (χ1n) is 13.5. The molecule has 0 aliphatic carbocycles. The van der Waals surface area contributed by atoms with Crippen molar-refractivity contribution >= 4 is 17.8 Å². The van der Waals surface area contributed by atoms with Crippen LogP contribution in [0.2, 0.25) is 0 Å². The number of aliphatic hydroxyl groups excluding tert-OH is 1. The van der Waals surface area contributed by atoms with Gasteiger partial charge in [0.25, 0.3) is 0 Å². The van der Waals surface area contributed by atoms with Crippen molar-refractivity contribution in [1.29, 1.82) is 0 Å². The summed E-state index contributed by atoms with van der Waals surface area (Å²) in [5.41, 5.74) is 0.844. The molecule has 10 heteroatoms. The second-order valence-electron chi connectivity index (χ2n) is 10.2. The molecule has 1 aromatic carbocycles. The zero-order valence-corrected chi connectivity index (χ0v) is 21.6. The maximum absolute atomic E-state index is 13.4. The molecule has 2 fully saturated rings. The summed E-state index contributed by atoms with van der Waals surface area (Å²) in [5.74, 6) is -0.675. The summed E-state index contributed by atoms with van der Waals surface area (Å²) in [6, 6.07) is 5.15. The summed E-state index contributed by atoms with van der Waals surface area (Å²) >= 11 is 0. The minimum atomic E-state index is -0.904. The van der Waals surface area contributed by atoms with Crippen molar-refractivity contribution in [2.24, 2.45) is 5.92 Å². The molecule has 10 nitrogen and oxygen atoms in total. The van der Waals surface area contributed by atoms with Crippen LogP contribution in [0.4, 0.5) is 0 Å². The minimum absolute atomic E-state index is 0.0133. The van der Waals surface area contributed by atoms with E-state index in [4.69, 9.17) is 9.47 Å². The van der Waals surface area contributed by atoms with Crippen molar-refractivity contribution in [1.82, 2.24) is 14.7 Å². The van der Waals surface area contributed by atoms with E-state index in [1.807, 2.05) is 28.0 Å². The highest BCUT2D eigenvalue weighted by molar-refractivity contribution is 5.79. The Kier molecular flexibility index (Phi) is 9.26. The monoisotopic (exact) mass is 517 g/mol. The second kappa shape index (κ2) is 12.6. The molecule has 2 saturated heterocycles. The Balaban J connectivity index is 1.57. The lowest BCUT2D eigenvalue weighted by Crippen LogP contribution is -2.46. The Bertz CT molecular complexity index is 963. The number of likely N-dealkylation sites (tertiary alicyclic amines) is 2. The maximum atomic E-state index is 13.4. The standard InChI is InChI=1S/C27H39N3O7/c1-2-3-10-28(12-5-14-31)25(33)17-30-16-20(19-7-8-22-23(15-19)37-18-36-22)26(27(34)35)21(30)9-13-29-11-4-6-24(29)32/h7-8,15,20-21,26,31H,2-6,9-14,16-18H2,1H3,(H,34,35)/t20-,21+,26?/m1/s1. The number of carboxylic acid groups (broad SMARTS) is 1. The highest BCUT2D eigenvalue weighted by atomic mass is 16.7. The van der Waals surface area contributed by atoms with Crippen molar-refractivity contribution in [2.45, 2.75) is 57.4 Å². The van der Waals surface area contributed by atoms with Crippen molar-refractivity contribution in [2.75, 3.05) is 52.7 Å². The summed E-state index contributed by atoms with van der Waals surface area (Å²) in [6.45, 7) is 5.02. The van der Waals surface area contributed by atoms with E-state index in [1.54, 1.807) is 4.90 Å². The molecular formula is C27H39N3O7. The van der Waals surface area contributed by atoms with Gasteiger partial charge in [-0.25, -0.2) is 0 Å². The quantitative estimate of drug-likeness (QED) is 0.407. The molecule has 0 spiro atoms. The molecule has 0 saturated carbocycles. The predicted octanol–water partition coefficient (Wildman–Crippen LogP) is 1.91. The summed E-state index contributed by atoms with van der Waals surface area (Å²) in [4.78, 5) is 43.9. The fraction of sp³-hybridized carbons (Fsp3) is 0.667. The van der Waals surface area contributed by atoms with Crippen molar-refractivity contribution in [3.63, 3.8) is 0 Å². The number of hydrogen-bond acceptors (Lipinski definition) is 7. The Hall–Kier alpha value is -2.85. The van der Waals surface area contributed by atoms with E-state index < -0.39 is 17.9 Å². The van der Waals surface area contributed by atoms with Crippen LogP contribution >= 0.6 is 0 Å². The summed E-state index contributed by atoms with van der Waals surface area (Å²) in [7, 11) is 0. The highest BCUT2D eigenvalue weighted by Crippen LogP contribution is 2.42. The van der Waals surface area contributed by atoms with E-state index in [2.05, 4.69) is 6.92 Å². The number of benzene rings is 1. The van der Waals surface area contributed by atoms with Crippen LogP contribution in [0.15, 0.2) is 18.2 Å². The molecule has 0 bridgehead atoms. The molecule has 0 aromatic heterocycles. The van der Waals surface area contributed by atoms with Gasteiger partial charge in [-0.2, -0.15) is 0 Å². The van der Waals surface area contributed by atoms with Crippen LogP contribution < -0.4 is 9.47 Å². The van der Waals surface area contributed by atoms with Crippen LogP contribution in [0.5, 0.6) is 11.5 Å². The molecule has 3 atom stereocenters. The fourth-order valence-electron chi connectivity index (χ4n) is 5.81. The van der Waals surface area contributed by atoms with Gasteiger partial charge in [-0.15, -0.1) is 0 Å². The Morgan fingerprint density at radius 2 is 1.95 bits per heavy atom. The Morgan fingerprint density at radius 1 is 1.16 bits per heavy atom. The zero-order valence-electron chi connectivity index (χ0n) is 21.6. The van der Waals surface area contributed by atoms with Crippen LogP contribution in [0.1, 0.15) is 56.9 Å². The van der Waals surface area contributed by atoms with Gasteiger partial charge in [0.05, 0.1) is 12.5 Å². The maximum Gasteiger partial charge on any atom is 0.308 e. The lowest BCUT2D eigenvalue weighted by Gasteiger charge is -2.30. The third-order valence-corrected chi connectivity index (χ3v) is 7.78. The van der Waals surface area contributed by atoms with Gasteiger partial charge in [0, 0.05) is 57.7 Å². The van der Waals surface area contributed by atoms with Crippen LogP contribution in [-0.2, 0) is 14.4 Å². The second-order valence-corrected chi connectivity index (χ2v) is 10.2. The Morgan fingerprint density at radius 3 is 2.65 bits per heavy atom. The Labute approximate surface area is 218 Å². The smallest absolute Gasteiger partial charge is 0.308 e. The van der Waals surface area contributed by atoms with E-state index in [1.165, 1.54) is 0 Å². The molecule has 2 amide bonds. The fourth-order valence-corrected chi connectivity index (χ4v) is 5.81. The molecule has 1 aromatic rings. The molecule has 37 heavy (non-hydrogen) atoms. The first-order valence-corrected chi connectivity index (χ1v) is 13.5. The number of ether oxygens (including phenoxy) is 2. The van der Waals surface area contributed by atoms with Gasteiger partial charge < -0.3 is 29.5 Å². The van der Waals surface area contributed by atoms with Crippen LogP contribution in [0.3, 0.4) is 0 Å². The zero-order chi connectivity index (χ0) is 26.4. The first kappa shape index (κ1) is 27.2. The number of aliphatic carboxylic acids is 1. The van der Waals surface area contributed by atoms with Crippen molar-refractivity contribution in [3.8, 4) is 11.5 Å². The number of fused-ring (bicyclic) bond motifs is 1. The third kappa shape index (κ3) is 6.35. The number of rotatable bonds is 13. The topological polar surface area (TPSA) is 120 Å². The molecule has 3 heterocycles. The van der Waals surface area contributed by atoms with Gasteiger partial charge in [-0.05, 0) is 43.4 Å². The molecule has 2 N–H and O–H groups in total. The first-order chi connectivity index (χ1) is 17.9. The number of aliphatic hydroxyl groups is 1. The minimum Gasteiger partial charge on any atom is -0.481 e. The summed E-state index contributed by atoms with van der Waals surface area (Å²) < 4.78 is 11.0.